The van der Waals surface area contributed by atoms with Crippen LogP contribution in [-0.2, 0) is 28.5 Å². The zero-order chi connectivity index (χ0) is 27.9. The van der Waals surface area contributed by atoms with Crippen molar-refractivity contribution in [3.63, 3.8) is 0 Å². The van der Waals surface area contributed by atoms with Crippen LogP contribution in [0.25, 0.3) is 0 Å². The highest BCUT2D eigenvalue weighted by molar-refractivity contribution is 5.90. The number of fused-ring (bicyclic) bond motifs is 5. The van der Waals surface area contributed by atoms with Gasteiger partial charge >= 0.3 is 5.97 Å². The molecule has 0 radical (unpaired) electrons. The molecule has 2 heterocycles. The van der Waals surface area contributed by atoms with E-state index in [1.165, 1.54) is 6.08 Å². The molecule has 0 bridgehead atoms. The number of aliphatic hydroxyl groups is 3. The first kappa shape index (κ1) is 27.8. The fourth-order valence-corrected chi connectivity index (χ4v) is 9.82. The molecule has 4 aliphatic carbocycles. The SMILES string of the molecule is CO[C@H]1C[C@H](O[C@H]2CC[C@@]3(C)[C@H](CC[C@@H]4[C@@H]3C(=O)[C@@H](O)[C@]3(C)[C@@H](C5=CC(=O)OC5)CC[C@]43O)C2)O[C@@H](C)[C@@H]1O. The topological polar surface area (TPSA) is 132 Å². The molecule has 9 nitrogen and oxygen atoms in total. The maximum atomic E-state index is 14.1. The van der Waals surface area contributed by atoms with Gasteiger partial charge in [-0.3, -0.25) is 4.79 Å². The van der Waals surface area contributed by atoms with Gasteiger partial charge in [0, 0.05) is 30.9 Å². The van der Waals surface area contributed by atoms with E-state index in [1.54, 1.807) is 7.11 Å². The number of hydrogen-bond donors (Lipinski definition) is 3. The Morgan fingerprint density at radius 3 is 2.51 bits per heavy atom. The van der Waals surface area contributed by atoms with Gasteiger partial charge in [-0.2, -0.15) is 0 Å². The molecule has 6 aliphatic rings. The van der Waals surface area contributed by atoms with Gasteiger partial charge in [-0.05, 0) is 80.6 Å². The molecule has 13 atom stereocenters. The summed E-state index contributed by atoms with van der Waals surface area (Å²) in [4.78, 5) is 25.9. The largest absolute Gasteiger partial charge is 0.458 e. The van der Waals surface area contributed by atoms with Crippen LogP contribution in [0.2, 0.25) is 0 Å². The monoisotopic (exact) mass is 548 g/mol. The Balaban J connectivity index is 1.21. The predicted octanol–water partition coefficient (Wildman–Crippen LogP) is 2.29. The minimum absolute atomic E-state index is 0.0238. The Morgan fingerprint density at radius 2 is 1.82 bits per heavy atom. The lowest BCUT2D eigenvalue weighted by molar-refractivity contribution is -0.274. The summed E-state index contributed by atoms with van der Waals surface area (Å²) in [7, 11) is 1.59. The third kappa shape index (κ3) is 3.94. The number of rotatable bonds is 4. The van der Waals surface area contributed by atoms with Gasteiger partial charge in [0.1, 0.15) is 18.8 Å². The third-order valence-electron chi connectivity index (χ3n) is 12.1. The van der Waals surface area contributed by atoms with Crippen LogP contribution in [0.3, 0.4) is 0 Å². The van der Waals surface area contributed by atoms with Crippen molar-refractivity contribution in [2.75, 3.05) is 13.7 Å². The Kier molecular flexibility index (Phi) is 6.84. The van der Waals surface area contributed by atoms with Gasteiger partial charge < -0.3 is 34.3 Å². The molecule has 0 amide bonds. The lowest BCUT2D eigenvalue weighted by atomic mass is 9.42. The maximum Gasteiger partial charge on any atom is 0.331 e. The second-order valence-corrected chi connectivity index (χ2v) is 13.6. The smallest absolute Gasteiger partial charge is 0.331 e. The number of hydrogen-bond acceptors (Lipinski definition) is 9. The minimum Gasteiger partial charge on any atom is -0.458 e. The van der Waals surface area contributed by atoms with Crippen molar-refractivity contribution in [2.24, 2.45) is 34.5 Å². The van der Waals surface area contributed by atoms with E-state index in [0.29, 0.717) is 19.3 Å². The fraction of sp³-hybridized carbons (Fsp3) is 0.867. The lowest BCUT2D eigenvalue weighted by Crippen LogP contribution is -2.70. The van der Waals surface area contributed by atoms with Crippen molar-refractivity contribution in [1.82, 2.24) is 0 Å². The van der Waals surface area contributed by atoms with Crippen LogP contribution in [0.5, 0.6) is 0 Å². The van der Waals surface area contributed by atoms with Crippen LogP contribution in [-0.4, -0.2) is 83.2 Å². The second-order valence-electron chi connectivity index (χ2n) is 13.6. The molecular weight excluding hydrogens is 504 g/mol. The van der Waals surface area contributed by atoms with E-state index in [9.17, 15) is 24.9 Å². The van der Waals surface area contributed by atoms with Crippen LogP contribution in [0.4, 0.5) is 0 Å². The molecule has 218 valence electrons. The number of esters is 1. The van der Waals surface area contributed by atoms with Gasteiger partial charge in [-0.25, -0.2) is 4.79 Å². The summed E-state index contributed by atoms with van der Waals surface area (Å²) in [6.45, 7) is 6.02. The van der Waals surface area contributed by atoms with Gasteiger partial charge in [-0.1, -0.05) is 13.8 Å². The summed E-state index contributed by atoms with van der Waals surface area (Å²) in [5, 5.41) is 34.3. The van der Waals surface area contributed by atoms with Crippen LogP contribution in [0.15, 0.2) is 11.6 Å². The zero-order valence-corrected chi connectivity index (χ0v) is 23.5. The molecule has 0 unspecified atom stereocenters. The number of cyclic esters (lactones) is 1. The summed E-state index contributed by atoms with van der Waals surface area (Å²) in [5.41, 5.74) is -1.80. The zero-order valence-electron chi connectivity index (χ0n) is 23.5. The predicted molar refractivity (Wildman–Crippen MR) is 138 cm³/mol. The molecule has 0 aromatic carbocycles. The van der Waals surface area contributed by atoms with Crippen LogP contribution >= 0.6 is 0 Å². The molecule has 9 heteroatoms. The average Bonchev–Trinajstić information content (AvgIpc) is 3.45. The maximum absolute atomic E-state index is 14.1. The second kappa shape index (κ2) is 9.60. The van der Waals surface area contributed by atoms with E-state index in [0.717, 1.165) is 37.7 Å². The Hall–Kier alpha value is -1.36. The Labute approximate surface area is 230 Å². The molecule has 1 saturated heterocycles. The molecule has 6 rings (SSSR count). The van der Waals surface area contributed by atoms with E-state index in [-0.39, 0.29) is 53.9 Å². The van der Waals surface area contributed by atoms with Gasteiger partial charge in [0.05, 0.1) is 23.9 Å². The number of aliphatic hydroxyl groups excluding tert-OH is 2. The molecule has 0 aromatic heterocycles. The first-order valence-corrected chi connectivity index (χ1v) is 14.8. The number of carbonyl (C=O) groups is 2. The lowest BCUT2D eigenvalue weighted by Gasteiger charge is -2.64. The first-order chi connectivity index (χ1) is 18.4. The molecule has 3 N–H and O–H groups in total. The van der Waals surface area contributed by atoms with Gasteiger partial charge in [0.2, 0.25) is 0 Å². The van der Waals surface area contributed by atoms with E-state index in [2.05, 4.69) is 6.92 Å². The molecule has 5 fully saturated rings. The summed E-state index contributed by atoms with van der Waals surface area (Å²) in [5.74, 6) is -1.24. The third-order valence-corrected chi connectivity index (χ3v) is 12.1. The summed E-state index contributed by atoms with van der Waals surface area (Å²) < 4.78 is 22.9. The highest BCUT2D eigenvalue weighted by Crippen LogP contribution is 2.69. The highest BCUT2D eigenvalue weighted by Gasteiger charge is 2.73. The van der Waals surface area contributed by atoms with E-state index in [1.807, 2.05) is 13.8 Å². The fourth-order valence-electron chi connectivity index (χ4n) is 9.82. The summed E-state index contributed by atoms with van der Waals surface area (Å²) >= 11 is 0. The normalized spacial score (nSPS) is 53.5. The quantitative estimate of drug-likeness (QED) is 0.358. The van der Waals surface area contributed by atoms with Crippen molar-refractivity contribution >= 4 is 11.8 Å². The highest BCUT2D eigenvalue weighted by atomic mass is 16.7. The van der Waals surface area contributed by atoms with E-state index >= 15 is 0 Å². The molecule has 0 spiro atoms. The molecule has 2 aliphatic heterocycles. The summed E-state index contributed by atoms with van der Waals surface area (Å²) in [6, 6.07) is 0. The molecule has 39 heavy (non-hydrogen) atoms. The van der Waals surface area contributed by atoms with E-state index in [4.69, 9.17) is 18.9 Å². The van der Waals surface area contributed by atoms with Crippen LogP contribution in [0, 0.1) is 34.5 Å². The van der Waals surface area contributed by atoms with Gasteiger partial charge in [0.25, 0.3) is 0 Å². The standard InChI is InChI=1S/C30H44O9/c1-15-25(32)21(36-4)13-23(38-15)39-18-7-9-28(2)17(12-18)5-6-20-24(28)26(33)27(34)29(3)19(8-10-30(20,29)35)16-11-22(31)37-14-16/h11,15,17-21,23-25,27,32,34-35H,5-10,12-14H2,1-4H3/t15-,17+,18-,19+,20+,21-,23-,24+,25-,27+,28-,29-,30-/m0/s1. The molecule has 0 aromatic rings. The van der Waals surface area contributed by atoms with Crippen LogP contribution < -0.4 is 0 Å². The number of methoxy groups -OCH3 is 1. The minimum atomic E-state index is -1.30. The van der Waals surface area contributed by atoms with Crippen molar-refractivity contribution in [1.29, 1.82) is 0 Å². The first-order valence-electron chi connectivity index (χ1n) is 14.8. The van der Waals surface area contributed by atoms with Crippen molar-refractivity contribution < 1.29 is 43.9 Å². The van der Waals surface area contributed by atoms with Crippen molar-refractivity contribution in [2.45, 2.75) is 115 Å². The van der Waals surface area contributed by atoms with Crippen LogP contribution in [0.1, 0.15) is 72.1 Å². The Morgan fingerprint density at radius 1 is 1.05 bits per heavy atom. The number of Topliss-reactive ketones (excluding diaryl/α,β-unsaturated/α-hetero) is 1. The number of ether oxygens (including phenoxy) is 4. The summed E-state index contributed by atoms with van der Waals surface area (Å²) in [6.07, 6.45) is 3.83. The molecule has 4 saturated carbocycles. The van der Waals surface area contributed by atoms with Crippen molar-refractivity contribution in [3.05, 3.63) is 11.6 Å². The Bertz CT molecular complexity index is 1040. The molecular formula is C30H44O9. The number of ketones is 1. The van der Waals surface area contributed by atoms with Gasteiger partial charge in [0.15, 0.2) is 12.1 Å². The van der Waals surface area contributed by atoms with E-state index < -0.39 is 41.4 Å². The number of carbonyl (C=O) groups excluding carboxylic acids is 2. The van der Waals surface area contributed by atoms with Gasteiger partial charge in [-0.15, -0.1) is 0 Å². The van der Waals surface area contributed by atoms with Crippen molar-refractivity contribution in [3.8, 4) is 0 Å². The average molecular weight is 549 g/mol.